The summed E-state index contributed by atoms with van der Waals surface area (Å²) in [4.78, 5) is 2.04. The van der Waals surface area contributed by atoms with E-state index in [9.17, 15) is 4.39 Å². The Balaban J connectivity index is 2.21. The van der Waals surface area contributed by atoms with Gasteiger partial charge in [0.25, 0.3) is 0 Å². The zero-order chi connectivity index (χ0) is 12.3. The third-order valence-corrected chi connectivity index (χ3v) is 3.15. The SMILES string of the molecule is N#Cc1cc(F)cc(N2CCCC(CO)C2)c1. The highest BCUT2D eigenvalue weighted by Gasteiger charge is 2.20. The number of hydrogen-bond acceptors (Lipinski definition) is 3. The maximum absolute atomic E-state index is 13.3. The molecule has 0 amide bonds. The lowest BCUT2D eigenvalue weighted by Gasteiger charge is -2.33. The molecule has 0 saturated carbocycles. The number of aliphatic hydroxyl groups excluding tert-OH is 1. The molecule has 1 fully saturated rings. The molecule has 2 rings (SSSR count). The van der Waals surface area contributed by atoms with Crippen LogP contribution in [0.4, 0.5) is 10.1 Å². The van der Waals surface area contributed by atoms with E-state index in [0.29, 0.717) is 5.56 Å². The van der Waals surface area contributed by atoms with Gasteiger partial charge in [0.1, 0.15) is 5.82 Å². The predicted molar refractivity (Wildman–Crippen MR) is 63.1 cm³/mol. The maximum atomic E-state index is 13.3. The number of benzene rings is 1. The van der Waals surface area contributed by atoms with Crippen molar-refractivity contribution in [1.82, 2.24) is 0 Å². The standard InChI is InChI=1S/C13H15FN2O/c14-12-4-11(7-15)5-13(6-12)16-3-1-2-10(8-16)9-17/h4-6,10,17H,1-3,8-9H2. The van der Waals surface area contributed by atoms with Gasteiger partial charge in [-0.05, 0) is 37.0 Å². The Labute approximate surface area is 100 Å². The minimum absolute atomic E-state index is 0.164. The van der Waals surface area contributed by atoms with Crippen LogP contribution < -0.4 is 4.90 Å². The minimum atomic E-state index is -0.384. The molecule has 1 heterocycles. The minimum Gasteiger partial charge on any atom is -0.396 e. The van der Waals surface area contributed by atoms with Crippen LogP contribution in [0.5, 0.6) is 0 Å². The molecule has 1 aromatic rings. The van der Waals surface area contributed by atoms with Crippen molar-refractivity contribution in [3.05, 3.63) is 29.6 Å². The highest BCUT2D eigenvalue weighted by molar-refractivity contribution is 5.52. The smallest absolute Gasteiger partial charge is 0.126 e. The van der Waals surface area contributed by atoms with Gasteiger partial charge in [0.2, 0.25) is 0 Å². The topological polar surface area (TPSA) is 47.3 Å². The molecule has 0 aromatic heterocycles. The van der Waals surface area contributed by atoms with E-state index in [4.69, 9.17) is 10.4 Å². The average molecular weight is 234 g/mol. The fourth-order valence-electron chi connectivity index (χ4n) is 2.27. The Morgan fingerprint density at radius 1 is 1.47 bits per heavy atom. The lowest BCUT2D eigenvalue weighted by Crippen LogP contribution is -2.36. The normalized spacial score (nSPS) is 20.1. The van der Waals surface area contributed by atoms with Crippen LogP contribution >= 0.6 is 0 Å². The first-order chi connectivity index (χ1) is 8.22. The molecule has 0 radical (unpaired) electrons. The zero-order valence-corrected chi connectivity index (χ0v) is 9.56. The van der Waals surface area contributed by atoms with Gasteiger partial charge in [-0.2, -0.15) is 5.26 Å². The van der Waals surface area contributed by atoms with Crippen LogP contribution in [-0.4, -0.2) is 24.8 Å². The molecule has 0 aliphatic carbocycles. The predicted octanol–water partition coefficient (Wildman–Crippen LogP) is 1.91. The van der Waals surface area contributed by atoms with Gasteiger partial charge in [-0.15, -0.1) is 0 Å². The largest absolute Gasteiger partial charge is 0.396 e. The van der Waals surface area contributed by atoms with Crippen LogP contribution in [0.2, 0.25) is 0 Å². The van der Waals surface area contributed by atoms with Crippen molar-refractivity contribution in [3.63, 3.8) is 0 Å². The molecule has 1 aromatic carbocycles. The summed E-state index contributed by atoms with van der Waals surface area (Å²) in [6.45, 7) is 1.74. The van der Waals surface area contributed by atoms with Gasteiger partial charge >= 0.3 is 0 Å². The van der Waals surface area contributed by atoms with Gasteiger partial charge in [0.05, 0.1) is 11.6 Å². The monoisotopic (exact) mass is 234 g/mol. The molecule has 1 unspecified atom stereocenters. The van der Waals surface area contributed by atoms with E-state index in [1.807, 2.05) is 11.0 Å². The Kier molecular flexibility index (Phi) is 3.60. The summed E-state index contributed by atoms with van der Waals surface area (Å²) in [6.07, 6.45) is 2.00. The van der Waals surface area contributed by atoms with Gasteiger partial charge in [-0.25, -0.2) is 4.39 Å². The van der Waals surface area contributed by atoms with E-state index >= 15 is 0 Å². The molecular weight excluding hydrogens is 219 g/mol. The van der Waals surface area contributed by atoms with Crippen LogP contribution in [0.15, 0.2) is 18.2 Å². The maximum Gasteiger partial charge on any atom is 0.126 e. The summed E-state index contributed by atoms with van der Waals surface area (Å²) < 4.78 is 13.3. The quantitative estimate of drug-likeness (QED) is 0.850. The molecule has 1 aliphatic rings. The number of aliphatic hydroxyl groups is 1. The Morgan fingerprint density at radius 3 is 3.00 bits per heavy atom. The number of rotatable bonds is 2. The molecule has 1 N–H and O–H groups in total. The van der Waals surface area contributed by atoms with Crippen LogP contribution in [0.3, 0.4) is 0 Å². The first-order valence-electron chi connectivity index (χ1n) is 5.79. The van der Waals surface area contributed by atoms with Crippen molar-refractivity contribution in [1.29, 1.82) is 5.26 Å². The molecule has 1 aliphatic heterocycles. The number of halogens is 1. The van der Waals surface area contributed by atoms with Crippen LogP contribution in [0.25, 0.3) is 0 Å². The average Bonchev–Trinajstić information content (AvgIpc) is 2.38. The molecule has 4 heteroatoms. The zero-order valence-electron chi connectivity index (χ0n) is 9.56. The van der Waals surface area contributed by atoms with Gasteiger partial charge in [-0.3, -0.25) is 0 Å². The number of anilines is 1. The lowest BCUT2D eigenvalue weighted by atomic mass is 9.98. The number of nitrogens with zero attached hydrogens (tertiary/aromatic N) is 2. The van der Waals surface area contributed by atoms with Crippen LogP contribution in [0, 0.1) is 23.1 Å². The second-order valence-corrected chi connectivity index (χ2v) is 4.45. The van der Waals surface area contributed by atoms with Crippen molar-refractivity contribution < 1.29 is 9.50 Å². The van der Waals surface area contributed by atoms with E-state index in [2.05, 4.69) is 0 Å². The van der Waals surface area contributed by atoms with Gasteiger partial charge in [0.15, 0.2) is 0 Å². The van der Waals surface area contributed by atoms with Crippen molar-refractivity contribution in [3.8, 4) is 6.07 Å². The first kappa shape index (κ1) is 11.9. The van der Waals surface area contributed by atoms with Crippen LogP contribution in [0.1, 0.15) is 18.4 Å². The molecular formula is C13H15FN2O. The number of piperidine rings is 1. The van der Waals surface area contributed by atoms with E-state index < -0.39 is 0 Å². The molecule has 0 bridgehead atoms. The summed E-state index contributed by atoms with van der Waals surface area (Å²) in [5.41, 5.74) is 1.07. The Morgan fingerprint density at radius 2 is 2.29 bits per heavy atom. The van der Waals surface area contributed by atoms with E-state index in [0.717, 1.165) is 31.6 Å². The summed E-state index contributed by atoms with van der Waals surface area (Å²) in [5, 5.41) is 18.0. The van der Waals surface area contributed by atoms with Crippen molar-refractivity contribution in [2.24, 2.45) is 5.92 Å². The molecule has 90 valence electrons. The second-order valence-electron chi connectivity index (χ2n) is 4.45. The van der Waals surface area contributed by atoms with Crippen molar-refractivity contribution in [2.75, 3.05) is 24.6 Å². The van der Waals surface area contributed by atoms with Gasteiger partial charge in [0, 0.05) is 25.4 Å². The molecule has 3 nitrogen and oxygen atoms in total. The third kappa shape index (κ3) is 2.75. The Hall–Kier alpha value is -1.60. The third-order valence-electron chi connectivity index (χ3n) is 3.15. The summed E-state index contributed by atoms with van der Waals surface area (Å²) in [7, 11) is 0. The Bertz CT molecular complexity index is 442. The second kappa shape index (κ2) is 5.15. The van der Waals surface area contributed by atoms with E-state index in [-0.39, 0.29) is 18.3 Å². The van der Waals surface area contributed by atoms with Gasteiger partial charge < -0.3 is 10.0 Å². The summed E-state index contributed by atoms with van der Waals surface area (Å²) >= 11 is 0. The van der Waals surface area contributed by atoms with E-state index in [1.165, 1.54) is 12.1 Å². The van der Waals surface area contributed by atoms with Crippen molar-refractivity contribution in [2.45, 2.75) is 12.8 Å². The first-order valence-corrected chi connectivity index (χ1v) is 5.79. The highest BCUT2D eigenvalue weighted by Crippen LogP contribution is 2.24. The summed E-state index contributed by atoms with van der Waals surface area (Å²) in [5.74, 6) is -0.136. The number of nitriles is 1. The molecule has 1 saturated heterocycles. The molecule has 17 heavy (non-hydrogen) atoms. The van der Waals surface area contributed by atoms with Crippen LogP contribution in [-0.2, 0) is 0 Å². The molecule has 1 atom stereocenters. The summed E-state index contributed by atoms with van der Waals surface area (Å²) in [6, 6.07) is 6.33. The van der Waals surface area contributed by atoms with E-state index in [1.54, 1.807) is 6.07 Å². The van der Waals surface area contributed by atoms with Gasteiger partial charge in [-0.1, -0.05) is 0 Å². The fraction of sp³-hybridized carbons (Fsp3) is 0.462. The van der Waals surface area contributed by atoms with Crippen molar-refractivity contribution >= 4 is 5.69 Å². The number of hydrogen-bond donors (Lipinski definition) is 1. The fourth-order valence-corrected chi connectivity index (χ4v) is 2.27. The highest BCUT2D eigenvalue weighted by atomic mass is 19.1. The lowest BCUT2D eigenvalue weighted by molar-refractivity contribution is 0.208. The molecule has 0 spiro atoms.